The minimum atomic E-state index is -1.19. The van der Waals surface area contributed by atoms with Crippen molar-refractivity contribution in [3.63, 3.8) is 0 Å². The van der Waals surface area contributed by atoms with E-state index in [9.17, 15) is 4.79 Å². The lowest BCUT2D eigenvalue weighted by Gasteiger charge is -1.89. The second-order valence-corrected chi connectivity index (χ2v) is 0.886. The van der Waals surface area contributed by atoms with E-state index in [-0.39, 0.29) is 6.29 Å². The minimum absolute atomic E-state index is 0.278. The van der Waals surface area contributed by atoms with Gasteiger partial charge in [-0.25, -0.2) is 0 Å². The third kappa shape index (κ3) is 1.87. The molecular formula is C3H6O3. The van der Waals surface area contributed by atoms with Gasteiger partial charge < -0.3 is 15.0 Å². The summed E-state index contributed by atoms with van der Waals surface area (Å²) in [6.07, 6.45) is -0.912. The first-order valence-electron chi connectivity index (χ1n) is 1.55. The van der Waals surface area contributed by atoms with Crippen molar-refractivity contribution < 1.29 is 15.0 Å². The first kappa shape index (κ1) is 5.59. The van der Waals surface area contributed by atoms with Crippen LogP contribution in [0.25, 0.3) is 0 Å². The smallest absolute Gasteiger partial charge is 0.150 e. The van der Waals surface area contributed by atoms with Crippen LogP contribution < -0.4 is 0 Å². The van der Waals surface area contributed by atoms with E-state index in [1.54, 1.807) is 0 Å². The van der Waals surface area contributed by atoms with E-state index in [4.69, 9.17) is 10.2 Å². The molecular weight excluding hydrogens is 87.0 g/mol. The first-order chi connectivity index (χ1) is 2.81. The van der Waals surface area contributed by atoms with Crippen molar-refractivity contribution in [1.82, 2.24) is 0 Å². The van der Waals surface area contributed by atoms with E-state index >= 15 is 0 Å². The average molecular weight is 93.1 g/mol. The van der Waals surface area contributed by atoms with Crippen LogP contribution >= 0.6 is 0 Å². The summed E-state index contributed by atoms with van der Waals surface area (Å²) in [5, 5.41) is 15.9. The van der Waals surface area contributed by atoms with Crippen LogP contribution in [-0.4, -0.2) is 29.2 Å². The molecule has 0 aromatic heterocycles. The Morgan fingerprint density at radius 2 is 2.33 bits per heavy atom. The van der Waals surface area contributed by atoms with E-state index in [2.05, 4.69) is 0 Å². The largest absolute Gasteiger partial charge is 0.393 e. The minimum Gasteiger partial charge on any atom is -0.393 e. The molecule has 2 N–H and O–H groups in total. The molecule has 0 rings (SSSR count). The lowest BCUT2D eigenvalue weighted by molar-refractivity contribution is -0.116. The number of rotatable bonds is 2. The lowest BCUT2D eigenvalue weighted by Crippen LogP contribution is -2.12. The van der Waals surface area contributed by atoms with Crippen molar-refractivity contribution in [2.45, 2.75) is 6.10 Å². The molecule has 0 unspecified atom stereocenters. The van der Waals surface area contributed by atoms with Crippen LogP contribution in [0.2, 0.25) is 0 Å². The number of carbonyl (C=O) groups is 1. The van der Waals surface area contributed by atoms with Crippen molar-refractivity contribution in [1.29, 1.82) is 0 Å². The second-order valence-electron chi connectivity index (χ2n) is 0.886. The molecule has 0 aromatic carbocycles. The highest BCUT2D eigenvalue weighted by atomic mass is 16.5. The number of aldehydes is 1. The van der Waals surface area contributed by atoms with Gasteiger partial charge in [-0.1, -0.05) is 0 Å². The normalized spacial score (nSPS) is 13.7. The maximum atomic E-state index is 9.33. The molecule has 3 heteroatoms. The average Bonchev–Trinajstić information content (AvgIpc) is 1.65. The topological polar surface area (TPSA) is 57.5 Å². The van der Waals surface area contributed by atoms with Crippen LogP contribution in [0, 0.1) is 0 Å². The van der Waals surface area contributed by atoms with Crippen LogP contribution in [0.15, 0.2) is 0 Å². The van der Waals surface area contributed by atoms with Crippen molar-refractivity contribution in [2.75, 3.05) is 6.61 Å². The molecule has 0 heterocycles. The van der Waals surface area contributed by atoms with Gasteiger partial charge in [0.05, 0.1) is 6.61 Å². The van der Waals surface area contributed by atoms with Crippen molar-refractivity contribution >= 4 is 6.29 Å². The Hall–Kier alpha value is -0.410. The number of aliphatic hydroxyl groups excluding tert-OH is 2. The Balaban J connectivity index is 2.96. The quantitative estimate of drug-likeness (QED) is 0.324. The highest BCUT2D eigenvalue weighted by Crippen LogP contribution is 1.66. The SMILES string of the molecule is O=[13CH][13C@H](O)[13CH2]O. The van der Waals surface area contributed by atoms with Crippen molar-refractivity contribution in [3.05, 3.63) is 0 Å². The van der Waals surface area contributed by atoms with Gasteiger partial charge >= 0.3 is 0 Å². The monoisotopic (exact) mass is 93.0 g/mol. The van der Waals surface area contributed by atoms with E-state index in [1.807, 2.05) is 0 Å². The Labute approximate surface area is 35.2 Å². The molecule has 0 bridgehead atoms. The zero-order valence-electron chi connectivity index (χ0n) is 3.16. The van der Waals surface area contributed by atoms with Crippen molar-refractivity contribution in [2.24, 2.45) is 0 Å². The molecule has 1 atom stereocenters. The molecule has 0 radical (unpaired) electrons. The summed E-state index contributed by atoms with van der Waals surface area (Å²) in [5.41, 5.74) is 0. The van der Waals surface area contributed by atoms with Crippen LogP contribution in [0.3, 0.4) is 0 Å². The van der Waals surface area contributed by atoms with Crippen molar-refractivity contribution in [3.8, 4) is 0 Å². The second kappa shape index (κ2) is 2.81. The number of carbonyl (C=O) groups excluding carboxylic acids is 1. The molecule has 0 aromatic rings. The third-order valence-electron chi connectivity index (χ3n) is 0.344. The van der Waals surface area contributed by atoms with E-state index < -0.39 is 12.7 Å². The predicted octanol–water partition coefficient (Wildman–Crippen LogP) is -1.46. The van der Waals surface area contributed by atoms with Crippen LogP contribution in [0.1, 0.15) is 0 Å². The molecule has 0 amide bonds. The van der Waals surface area contributed by atoms with Crippen LogP contribution in [0.5, 0.6) is 0 Å². The Bertz CT molecular complexity index is 43.3. The van der Waals surface area contributed by atoms with E-state index in [0.717, 1.165) is 0 Å². The zero-order valence-corrected chi connectivity index (χ0v) is 3.16. The van der Waals surface area contributed by atoms with Gasteiger partial charge in [-0.05, 0) is 0 Å². The molecule has 0 saturated heterocycles. The van der Waals surface area contributed by atoms with Gasteiger partial charge in [0, 0.05) is 0 Å². The summed E-state index contributed by atoms with van der Waals surface area (Å²) >= 11 is 0. The van der Waals surface area contributed by atoms with Gasteiger partial charge in [-0.2, -0.15) is 0 Å². The third-order valence-corrected chi connectivity index (χ3v) is 0.344. The Morgan fingerprint density at radius 3 is 2.33 bits per heavy atom. The molecule has 0 aliphatic rings. The fourth-order valence-corrected chi connectivity index (χ4v) is 0.0430. The Kier molecular flexibility index (Phi) is 2.62. The van der Waals surface area contributed by atoms with Gasteiger partial charge in [0.2, 0.25) is 0 Å². The summed E-state index contributed by atoms with van der Waals surface area (Å²) in [5.74, 6) is 0. The summed E-state index contributed by atoms with van der Waals surface area (Å²) in [7, 11) is 0. The molecule has 0 aliphatic carbocycles. The number of hydrogen-bond donors (Lipinski definition) is 2. The number of hydrogen-bond acceptors (Lipinski definition) is 3. The van der Waals surface area contributed by atoms with Gasteiger partial charge in [0.15, 0.2) is 6.29 Å². The molecule has 0 saturated carbocycles. The van der Waals surface area contributed by atoms with Crippen LogP contribution in [-0.2, 0) is 4.79 Å². The van der Waals surface area contributed by atoms with Gasteiger partial charge in [0.25, 0.3) is 0 Å². The van der Waals surface area contributed by atoms with Gasteiger partial charge in [0.1, 0.15) is 6.10 Å². The van der Waals surface area contributed by atoms with E-state index in [0.29, 0.717) is 0 Å². The zero-order chi connectivity index (χ0) is 4.99. The first-order valence-corrected chi connectivity index (χ1v) is 1.55. The van der Waals surface area contributed by atoms with E-state index in [1.165, 1.54) is 0 Å². The maximum absolute atomic E-state index is 9.33. The lowest BCUT2D eigenvalue weighted by atomic mass is 11.4. The summed E-state index contributed by atoms with van der Waals surface area (Å²) in [6, 6.07) is 0. The van der Waals surface area contributed by atoms with Gasteiger partial charge in [-0.3, -0.25) is 0 Å². The predicted molar refractivity (Wildman–Crippen MR) is 19.2 cm³/mol. The maximum Gasteiger partial charge on any atom is 0.150 e. The standard InChI is InChI=1S/C3H6O3/c4-1-3(6)2-5/h1,3,5-6H,2H2/t3-/m0/s1/i1+1,2+1,3+1. The molecule has 0 fully saturated rings. The highest BCUT2D eigenvalue weighted by molar-refractivity contribution is 5.55. The highest BCUT2D eigenvalue weighted by Gasteiger charge is 1.92. The molecule has 0 aliphatic heterocycles. The summed E-state index contributed by atoms with van der Waals surface area (Å²) in [4.78, 5) is 9.33. The van der Waals surface area contributed by atoms with Gasteiger partial charge in [-0.15, -0.1) is 0 Å². The molecule has 36 valence electrons. The summed E-state index contributed by atoms with van der Waals surface area (Å²) < 4.78 is 0. The fraction of sp³-hybridized carbons (Fsp3) is 0.667. The summed E-state index contributed by atoms with van der Waals surface area (Å²) in [6.45, 7) is -0.483. The molecule has 0 spiro atoms. The Morgan fingerprint density at radius 1 is 1.83 bits per heavy atom. The molecule has 3 nitrogen and oxygen atoms in total. The van der Waals surface area contributed by atoms with Crippen LogP contribution in [0.4, 0.5) is 0 Å². The molecule has 6 heavy (non-hydrogen) atoms. The number of aliphatic hydroxyl groups is 2. The fourth-order valence-electron chi connectivity index (χ4n) is 0.0430.